The quantitative estimate of drug-likeness (QED) is 0.323. The van der Waals surface area contributed by atoms with E-state index in [1.54, 1.807) is 0 Å². The second-order valence-corrected chi connectivity index (χ2v) is 7.79. The molecule has 0 radical (unpaired) electrons. The van der Waals surface area contributed by atoms with Crippen molar-refractivity contribution in [3.05, 3.63) is 95.7 Å². The molecule has 0 aliphatic heterocycles. The van der Waals surface area contributed by atoms with Gasteiger partial charge >= 0.3 is 0 Å². The highest BCUT2D eigenvalue weighted by atomic mass is 15.1. The lowest BCUT2D eigenvalue weighted by Crippen LogP contribution is -2.13. The summed E-state index contributed by atoms with van der Waals surface area (Å²) in [6.45, 7) is 0. The van der Waals surface area contributed by atoms with Crippen molar-refractivity contribution in [3.8, 4) is 0 Å². The minimum absolute atomic E-state index is 0.311. The van der Waals surface area contributed by atoms with E-state index >= 15 is 0 Å². The van der Waals surface area contributed by atoms with Gasteiger partial charge in [-0.1, -0.05) is 66.7 Å². The van der Waals surface area contributed by atoms with Crippen molar-refractivity contribution in [2.75, 3.05) is 0 Å². The van der Waals surface area contributed by atoms with Crippen LogP contribution in [-0.4, -0.2) is 10.2 Å². The van der Waals surface area contributed by atoms with Gasteiger partial charge in [0, 0.05) is 11.3 Å². The first-order valence-corrected chi connectivity index (χ1v) is 10.0. The molecule has 1 aliphatic rings. The summed E-state index contributed by atoms with van der Waals surface area (Å²) in [6, 6.07) is 28.4. The standard InChI is InChI=1S/C26H20N2/c1-3-9-20-17(6-1)12-15-22-21(20)14-13-18-8-5-10-23(26(18)22)25-16-19-7-2-4-11-24(19)27-28-25/h1-4,6-7,9,11-16,23H,5,8,10H2. The van der Waals surface area contributed by atoms with Crippen molar-refractivity contribution in [2.45, 2.75) is 25.2 Å². The predicted molar refractivity (Wildman–Crippen MR) is 116 cm³/mol. The number of nitrogens with zero attached hydrogens (tertiary/aromatic N) is 2. The molecule has 1 atom stereocenters. The Hall–Kier alpha value is -3.26. The van der Waals surface area contributed by atoms with Crippen LogP contribution in [-0.2, 0) is 6.42 Å². The van der Waals surface area contributed by atoms with Gasteiger partial charge in [0.2, 0.25) is 0 Å². The molecule has 0 saturated carbocycles. The van der Waals surface area contributed by atoms with Crippen LogP contribution < -0.4 is 0 Å². The molecular weight excluding hydrogens is 340 g/mol. The molecule has 1 unspecified atom stereocenters. The first kappa shape index (κ1) is 15.8. The molecule has 134 valence electrons. The Bertz CT molecular complexity index is 1350. The molecule has 1 aliphatic carbocycles. The minimum atomic E-state index is 0.311. The number of aromatic nitrogens is 2. The first-order valence-electron chi connectivity index (χ1n) is 10.0. The van der Waals surface area contributed by atoms with E-state index in [2.05, 4.69) is 76.9 Å². The maximum Gasteiger partial charge on any atom is 0.0929 e. The second-order valence-electron chi connectivity index (χ2n) is 7.79. The second kappa shape index (κ2) is 6.13. The molecule has 5 aromatic rings. The molecule has 0 saturated heterocycles. The molecule has 0 N–H and O–H groups in total. The van der Waals surface area contributed by atoms with Gasteiger partial charge in [-0.15, -0.1) is 0 Å². The van der Waals surface area contributed by atoms with Crippen molar-refractivity contribution in [2.24, 2.45) is 0 Å². The topological polar surface area (TPSA) is 25.8 Å². The Morgan fingerprint density at radius 2 is 1.50 bits per heavy atom. The Morgan fingerprint density at radius 3 is 2.46 bits per heavy atom. The van der Waals surface area contributed by atoms with Gasteiger partial charge in [0.1, 0.15) is 0 Å². The molecule has 2 nitrogen and oxygen atoms in total. The average molecular weight is 360 g/mol. The van der Waals surface area contributed by atoms with Crippen molar-refractivity contribution < 1.29 is 0 Å². The van der Waals surface area contributed by atoms with E-state index in [1.807, 2.05) is 12.1 Å². The van der Waals surface area contributed by atoms with Gasteiger partial charge in [-0.3, -0.25) is 0 Å². The monoisotopic (exact) mass is 360 g/mol. The van der Waals surface area contributed by atoms with E-state index in [-0.39, 0.29) is 0 Å². The summed E-state index contributed by atoms with van der Waals surface area (Å²) in [7, 11) is 0. The molecule has 28 heavy (non-hydrogen) atoms. The molecule has 2 heteroatoms. The van der Waals surface area contributed by atoms with Gasteiger partial charge in [0.15, 0.2) is 0 Å². The molecule has 0 spiro atoms. The third-order valence-electron chi connectivity index (χ3n) is 6.22. The Labute approximate surface area is 163 Å². The Morgan fingerprint density at radius 1 is 0.679 bits per heavy atom. The summed E-state index contributed by atoms with van der Waals surface area (Å²) in [5.41, 5.74) is 4.99. The highest BCUT2D eigenvalue weighted by molar-refractivity contribution is 6.09. The van der Waals surface area contributed by atoms with E-state index < -0.39 is 0 Å². The summed E-state index contributed by atoms with van der Waals surface area (Å²) < 4.78 is 0. The van der Waals surface area contributed by atoms with Crippen LogP contribution >= 0.6 is 0 Å². The minimum Gasteiger partial charge on any atom is -0.154 e. The smallest absolute Gasteiger partial charge is 0.0929 e. The highest BCUT2D eigenvalue weighted by Crippen LogP contribution is 2.42. The normalized spacial score (nSPS) is 16.5. The summed E-state index contributed by atoms with van der Waals surface area (Å²) in [6.07, 6.45) is 3.48. The molecule has 1 aromatic heterocycles. The maximum absolute atomic E-state index is 4.65. The van der Waals surface area contributed by atoms with E-state index in [9.17, 15) is 0 Å². The fraction of sp³-hybridized carbons (Fsp3) is 0.154. The zero-order valence-corrected chi connectivity index (χ0v) is 15.6. The molecule has 6 rings (SSSR count). The van der Waals surface area contributed by atoms with Crippen molar-refractivity contribution in [3.63, 3.8) is 0 Å². The number of aryl methyl sites for hydroxylation is 1. The molecular formula is C26H20N2. The predicted octanol–water partition coefficient (Wildman–Crippen LogP) is 6.40. The lowest BCUT2D eigenvalue weighted by atomic mass is 9.78. The van der Waals surface area contributed by atoms with E-state index in [4.69, 9.17) is 0 Å². The zero-order chi connectivity index (χ0) is 18.5. The van der Waals surface area contributed by atoms with E-state index in [0.717, 1.165) is 24.1 Å². The Kier molecular flexibility index (Phi) is 3.45. The third kappa shape index (κ3) is 2.34. The van der Waals surface area contributed by atoms with Gasteiger partial charge in [0.25, 0.3) is 0 Å². The molecule has 0 amide bonds. The molecule has 4 aromatic carbocycles. The van der Waals surface area contributed by atoms with Crippen LogP contribution in [0.15, 0.2) is 78.9 Å². The van der Waals surface area contributed by atoms with Crippen LogP contribution in [0.1, 0.15) is 35.6 Å². The molecule has 1 heterocycles. The van der Waals surface area contributed by atoms with Crippen LogP contribution in [0.4, 0.5) is 0 Å². The van der Waals surface area contributed by atoms with Gasteiger partial charge in [-0.05, 0) is 64.1 Å². The average Bonchev–Trinajstić information content (AvgIpc) is 2.78. The van der Waals surface area contributed by atoms with Crippen LogP contribution in [0.5, 0.6) is 0 Å². The number of benzene rings is 4. The van der Waals surface area contributed by atoms with Crippen LogP contribution in [0.3, 0.4) is 0 Å². The number of fused-ring (bicyclic) bond motifs is 6. The summed E-state index contributed by atoms with van der Waals surface area (Å²) in [5, 5.41) is 15.7. The molecule has 0 fully saturated rings. The lowest BCUT2D eigenvalue weighted by Gasteiger charge is -2.27. The lowest BCUT2D eigenvalue weighted by molar-refractivity contribution is 0.604. The van der Waals surface area contributed by atoms with Gasteiger partial charge < -0.3 is 0 Å². The Balaban J connectivity index is 1.62. The van der Waals surface area contributed by atoms with Crippen molar-refractivity contribution >= 4 is 32.4 Å². The van der Waals surface area contributed by atoms with Crippen LogP contribution in [0, 0.1) is 0 Å². The van der Waals surface area contributed by atoms with Gasteiger partial charge in [-0.2, -0.15) is 10.2 Å². The summed E-state index contributed by atoms with van der Waals surface area (Å²) in [4.78, 5) is 0. The number of hydrogen-bond donors (Lipinski definition) is 0. The number of rotatable bonds is 1. The van der Waals surface area contributed by atoms with Crippen LogP contribution in [0.2, 0.25) is 0 Å². The summed E-state index contributed by atoms with van der Waals surface area (Å²) in [5.74, 6) is 0.311. The van der Waals surface area contributed by atoms with Crippen molar-refractivity contribution in [1.82, 2.24) is 10.2 Å². The SMILES string of the molecule is c1ccc2nnc(C3CCCc4ccc5c(ccc6ccccc65)c43)cc2c1. The fourth-order valence-electron chi connectivity index (χ4n) is 4.89. The first-order chi connectivity index (χ1) is 13.9. The van der Waals surface area contributed by atoms with Gasteiger partial charge in [-0.25, -0.2) is 0 Å². The van der Waals surface area contributed by atoms with Gasteiger partial charge in [0.05, 0.1) is 11.2 Å². The van der Waals surface area contributed by atoms with E-state index in [0.29, 0.717) is 5.92 Å². The highest BCUT2D eigenvalue weighted by Gasteiger charge is 2.26. The fourth-order valence-corrected chi connectivity index (χ4v) is 4.89. The van der Waals surface area contributed by atoms with Crippen molar-refractivity contribution in [1.29, 1.82) is 0 Å². The van der Waals surface area contributed by atoms with E-state index in [1.165, 1.54) is 44.5 Å². The molecule has 0 bridgehead atoms. The van der Waals surface area contributed by atoms with Crippen LogP contribution in [0.25, 0.3) is 32.4 Å². The largest absolute Gasteiger partial charge is 0.154 e. The third-order valence-corrected chi connectivity index (χ3v) is 6.22. The maximum atomic E-state index is 4.65. The zero-order valence-electron chi connectivity index (χ0n) is 15.6. The number of hydrogen-bond acceptors (Lipinski definition) is 2. The summed E-state index contributed by atoms with van der Waals surface area (Å²) >= 11 is 0.